The van der Waals surface area contributed by atoms with Gasteiger partial charge in [-0.25, -0.2) is 0 Å². The Morgan fingerprint density at radius 2 is 2.00 bits per heavy atom. The molecule has 36 valence electrons. The van der Waals surface area contributed by atoms with Crippen LogP contribution in [-0.2, 0) is 33.7 Å². The van der Waals surface area contributed by atoms with Gasteiger partial charge in [0, 0.05) is 21.1 Å². The number of rotatable bonds is 0. The molecule has 0 bridgehead atoms. The Hall–Kier alpha value is 1.23. The average Bonchev–Trinajstić information content (AvgIpc) is 1.38. The van der Waals surface area contributed by atoms with Crippen molar-refractivity contribution >= 4 is 38.6 Å². The predicted molar refractivity (Wildman–Crippen MR) is 32.8 cm³/mol. The number of hydrogen-bond acceptors (Lipinski definition) is 2. The smallest absolute Gasteiger partial charge is 0 e. The van der Waals surface area contributed by atoms with Gasteiger partial charge in [0.2, 0.25) is 0 Å². The van der Waals surface area contributed by atoms with Crippen LogP contribution in [0.15, 0.2) is 0 Å². The second kappa shape index (κ2) is 6.23. The molecule has 1 N–H and O–H groups in total. The normalized spacial score (nSPS) is 5.50. The second-order valence-electron chi connectivity index (χ2n) is 0.432. The molecule has 6 heavy (non-hydrogen) atoms. The Bertz CT molecular complexity index is 48.8. The maximum atomic E-state index is 4.38. The van der Waals surface area contributed by atoms with Gasteiger partial charge in [-0.2, -0.15) is 0 Å². The third-order valence-corrected chi connectivity index (χ3v) is 1.06. The van der Waals surface area contributed by atoms with E-state index in [1.54, 1.807) is 0 Å². The van der Waals surface area contributed by atoms with Gasteiger partial charge in [0.15, 0.2) is 0 Å². The third-order valence-electron chi connectivity index (χ3n) is 0.118. The summed E-state index contributed by atoms with van der Waals surface area (Å²) >= 11 is 8.76. The first-order valence-corrected chi connectivity index (χ1v) is 2.34. The molecule has 0 amide bonds. The van der Waals surface area contributed by atoms with E-state index in [-0.39, 0.29) is 21.1 Å². The fraction of sp³-hybridized carbons (Fsp3) is 0. The first-order valence-electron chi connectivity index (χ1n) is 0.947. The molecule has 0 rings (SSSR count). The maximum absolute atomic E-state index is 4.38. The molecule has 0 aromatic heterocycles. The zero-order valence-corrected chi connectivity index (χ0v) is 7.60. The van der Waals surface area contributed by atoms with Crippen molar-refractivity contribution in [2.24, 2.45) is 0 Å². The SMILES string of the molecule is PNC(=S)[S-].[Mo]. The summed E-state index contributed by atoms with van der Waals surface area (Å²) in [5, 5.41) is 2.49. The summed E-state index contributed by atoms with van der Waals surface area (Å²) in [6, 6.07) is 0. The number of nitrogens with one attached hydrogen (secondary N) is 1. The van der Waals surface area contributed by atoms with Crippen LogP contribution in [0, 0.1) is 0 Å². The van der Waals surface area contributed by atoms with Crippen LogP contribution in [0.1, 0.15) is 0 Å². The van der Waals surface area contributed by atoms with E-state index in [0.29, 0.717) is 4.32 Å². The fourth-order valence-electron chi connectivity index (χ4n) is 0. The summed E-state index contributed by atoms with van der Waals surface area (Å²) in [5.74, 6) is 0. The third kappa shape index (κ3) is 8.97. The van der Waals surface area contributed by atoms with Gasteiger partial charge in [0.1, 0.15) is 0 Å². The molecule has 1 unspecified atom stereocenters. The van der Waals surface area contributed by atoms with Gasteiger partial charge in [-0.1, -0.05) is 4.32 Å². The van der Waals surface area contributed by atoms with Crippen molar-refractivity contribution < 1.29 is 21.1 Å². The Morgan fingerprint density at radius 3 is 2.00 bits per heavy atom. The van der Waals surface area contributed by atoms with E-state index in [1.165, 1.54) is 0 Å². The van der Waals surface area contributed by atoms with Crippen molar-refractivity contribution in [1.82, 2.24) is 5.09 Å². The zero-order chi connectivity index (χ0) is 4.28. The van der Waals surface area contributed by atoms with Crippen molar-refractivity contribution in [3.63, 3.8) is 0 Å². The molecule has 0 radical (unpaired) electrons. The number of hydrogen-bond donors (Lipinski definition) is 1. The molecule has 0 saturated carbocycles. The minimum atomic E-state index is 0. The Kier molecular flexibility index (Phi) is 10.6. The van der Waals surface area contributed by atoms with E-state index >= 15 is 0 Å². The van der Waals surface area contributed by atoms with Crippen molar-refractivity contribution in [2.75, 3.05) is 0 Å². The van der Waals surface area contributed by atoms with Crippen molar-refractivity contribution in [2.45, 2.75) is 0 Å². The zero-order valence-electron chi connectivity index (χ0n) is 2.80. The van der Waals surface area contributed by atoms with Crippen LogP contribution < -0.4 is 5.09 Å². The Labute approximate surface area is 64.6 Å². The molecule has 0 aromatic carbocycles. The van der Waals surface area contributed by atoms with Gasteiger partial charge < -0.3 is 29.9 Å². The van der Waals surface area contributed by atoms with E-state index in [0.717, 1.165) is 0 Å². The van der Waals surface area contributed by atoms with Gasteiger partial charge >= 0.3 is 0 Å². The van der Waals surface area contributed by atoms with Gasteiger partial charge in [-0.3, -0.25) is 0 Å². The molecular weight excluding hydrogens is 217 g/mol. The number of thiocarbonyl (C=S) groups is 1. The standard InChI is InChI=1S/CH4NPS2.Mo/c3-2-1(4)5;/h3H2,(H2,2,4,5);/p-1. The van der Waals surface area contributed by atoms with Crippen molar-refractivity contribution in [3.8, 4) is 0 Å². The molecule has 0 aromatic rings. The van der Waals surface area contributed by atoms with Crippen LogP contribution in [0.25, 0.3) is 0 Å². The minimum absolute atomic E-state index is 0. The van der Waals surface area contributed by atoms with Gasteiger partial charge in [0.05, 0.1) is 0 Å². The molecule has 0 aliphatic carbocycles. The van der Waals surface area contributed by atoms with Gasteiger partial charge in [0.25, 0.3) is 0 Å². The topological polar surface area (TPSA) is 12.0 Å². The molecule has 0 saturated heterocycles. The van der Waals surface area contributed by atoms with E-state index in [1.807, 2.05) is 0 Å². The Balaban J connectivity index is 0. The van der Waals surface area contributed by atoms with Crippen molar-refractivity contribution in [3.05, 3.63) is 0 Å². The molecular formula is CH3MoNPS2-. The van der Waals surface area contributed by atoms with E-state index < -0.39 is 0 Å². The van der Waals surface area contributed by atoms with Gasteiger partial charge in [-0.15, -0.1) is 0 Å². The Morgan fingerprint density at radius 1 is 1.83 bits per heavy atom. The van der Waals surface area contributed by atoms with E-state index in [9.17, 15) is 0 Å². The van der Waals surface area contributed by atoms with Crippen LogP contribution in [0.3, 0.4) is 0 Å². The summed E-state index contributed by atoms with van der Waals surface area (Å²) in [7, 11) is 2.20. The molecule has 5 heteroatoms. The first kappa shape index (κ1) is 10.3. The first-order chi connectivity index (χ1) is 2.27. The molecule has 0 aliphatic heterocycles. The monoisotopic (exact) mass is 222 g/mol. The van der Waals surface area contributed by atoms with Gasteiger partial charge in [-0.05, 0) is 9.39 Å². The molecule has 1 atom stereocenters. The van der Waals surface area contributed by atoms with Crippen LogP contribution >= 0.6 is 21.6 Å². The molecule has 0 aliphatic rings. The fourth-order valence-corrected chi connectivity index (χ4v) is 0. The molecule has 1 nitrogen and oxygen atoms in total. The predicted octanol–water partition coefficient (Wildman–Crippen LogP) is 0.195. The maximum Gasteiger partial charge on any atom is 0 e. The summed E-state index contributed by atoms with van der Waals surface area (Å²) in [6.07, 6.45) is 0. The summed E-state index contributed by atoms with van der Waals surface area (Å²) in [6.45, 7) is 0. The van der Waals surface area contributed by atoms with Crippen LogP contribution in [0.2, 0.25) is 0 Å². The minimum Gasteiger partial charge on any atom is -0.411 e. The van der Waals surface area contributed by atoms with Crippen LogP contribution in [0.4, 0.5) is 0 Å². The van der Waals surface area contributed by atoms with E-state index in [4.69, 9.17) is 0 Å². The average molecular weight is 220 g/mol. The second-order valence-corrected chi connectivity index (χ2v) is 1.80. The molecule has 0 fully saturated rings. The van der Waals surface area contributed by atoms with Crippen molar-refractivity contribution in [1.29, 1.82) is 0 Å². The summed E-state index contributed by atoms with van der Waals surface area (Å²) in [5.41, 5.74) is 0. The molecule has 0 heterocycles. The molecule has 0 spiro atoms. The summed E-state index contributed by atoms with van der Waals surface area (Å²) < 4.78 is 0.384. The van der Waals surface area contributed by atoms with Crippen LogP contribution in [-0.4, -0.2) is 4.32 Å². The summed E-state index contributed by atoms with van der Waals surface area (Å²) in [4.78, 5) is 0. The largest absolute Gasteiger partial charge is 0.411 e. The van der Waals surface area contributed by atoms with E-state index in [2.05, 4.69) is 39.3 Å². The van der Waals surface area contributed by atoms with Crippen LogP contribution in [0.5, 0.6) is 0 Å². The quantitative estimate of drug-likeness (QED) is 0.271.